The molecular formula is C23H25N7O2. The predicted octanol–water partition coefficient (Wildman–Crippen LogP) is 3.60. The zero-order chi connectivity index (χ0) is 22.8. The second-order valence-corrected chi connectivity index (χ2v) is 8.27. The number of rotatable bonds is 7. The summed E-state index contributed by atoms with van der Waals surface area (Å²) in [6, 6.07) is 3.72. The van der Waals surface area contributed by atoms with Crippen molar-refractivity contribution in [3.63, 3.8) is 0 Å². The maximum Gasteiger partial charge on any atom is 0.246 e. The third-order valence-electron chi connectivity index (χ3n) is 5.17. The quantitative estimate of drug-likeness (QED) is 0.448. The topological polar surface area (TPSA) is 108 Å². The molecule has 0 unspecified atom stereocenters. The van der Waals surface area contributed by atoms with E-state index in [4.69, 9.17) is 0 Å². The summed E-state index contributed by atoms with van der Waals surface area (Å²) in [5.74, 6) is -0.225. The van der Waals surface area contributed by atoms with Crippen LogP contribution in [0.25, 0.3) is 10.9 Å². The zero-order valence-electron chi connectivity index (χ0n) is 18.5. The Hall–Kier alpha value is -3.88. The largest absolute Gasteiger partial charge is 0.344 e. The van der Waals surface area contributed by atoms with Crippen molar-refractivity contribution in [1.82, 2.24) is 29.5 Å². The third kappa shape index (κ3) is 4.27. The second-order valence-electron chi connectivity index (χ2n) is 8.27. The Bertz CT molecular complexity index is 1290. The number of nitrogens with one attached hydrogen (secondary N) is 1. The lowest BCUT2D eigenvalue weighted by atomic mass is 10.1. The van der Waals surface area contributed by atoms with Crippen LogP contribution in [-0.2, 0) is 11.3 Å². The van der Waals surface area contributed by atoms with Crippen molar-refractivity contribution >= 4 is 28.3 Å². The summed E-state index contributed by atoms with van der Waals surface area (Å²) >= 11 is 0. The Morgan fingerprint density at radius 1 is 1.06 bits per heavy atom. The molecule has 0 aliphatic carbocycles. The van der Waals surface area contributed by atoms with E-state index in [2.05, 4.69) is 39.4 Å². The maximum atomic E-state index is 13.3. The van der Waals surface area contributed by atoms with E-state index in [0.717, 1.165) is 16.6 Å². The van der Waals surface area contributed by atoms with Crippen LogP contribution in [0, 0.1) is 0 Å². The van der Waals surface area contributed by atoms with Crippen molar-refractivity contribution in [2.75, 3.05) is 5.32 Å². The van der Waals surface area contributed by atoms with E-state index in [1.54, 1.807) is 24.7 Å². The molecule has 4 aromatic rings. The highest BCUT2D eigenvalue weighted by Gasteiger charge is 2.19. The fraction of sp³-hybridized carbons (Fsp3) is 0.304. The number of aromatic nitrogens is 6. The molecule has 0 aliphatic heterocycles. The van der Waals surface area contributed by atoms with Crippen molar-refractivity contribution < 1.29 is 9.59 Å². The fourth-order valence-electron chi connectivity index (χ4n) is 3.50. The van der Waals surface area contributed by atoms with Gasteiger partial charge in [-0.2, -0.15) is 0 Å². The molecule has 32 heavy (non-hydrogen) atoms. The Morgan fingerprint density at radius 3 is 2.59 bits per heavy atom. The van der Waals surface area contributed by atoms with Gasteiger partial charge in [0.15, 0.2) is 5.78 Å². The van der Waals surface area contributed by atoms with E-state index < -0.39 is 0 Å². The normalized spacial score (nSPS) is 11.4. The molecule has 4 rings (SSSR count). The molecule has 4 heterocycles. The molecule has 9 nitrogen and oxygen atoms in total. The minimum Gasteiger partial charge on any atom is -0.344 e. The molecule has 164 valence electrons. The summed E-state index contributed by atoms with van der Waals surface area (Å²) in [5.41, 5.74) is 3.15. The minimum absolute atomic E-state index is 0.0193. The standard InChI is InChI=1S/C23H25N7O2/c1-14(2)20-12-29(28-27-20)13-22(31)26-17-7-16(8-25-9-17)23(32)19-11-30(15(3)4)21-5-6-24-10-18(19)21/h5-12,14-15H,13H2,1-4H3,(H,26,31). The number of ketones is 1. The molecule has 0 fully saturated rings. The van der Waals surface area contributed by atoms with Crippen LogP contribution in [0.1, 0.15) is 61.3 Å². The molecule has 0 aromatic carbocycles. The Labute approximate surface area is 185 Å². The highest BCUT2D eigenvalue weighted by atomic mass is 16.2. The van der Waals surface area contributed by atoms with Crippen LogP contribution in [0.15, 0.2) is 49.3 Å². The first kappa shape index (κ1) is 21.4. The van der Waals surface area contributed by atoms with Gasteiger partial charge in [0.25, 0.3) is 0 Å². The van der Waals surface area contributed by atoms with Crippen LogP contribution in [0.4, 0.5) is 5.69 Å². The lowest BCUT2D eigenvalue weighted by Crippen LogP contribution is -2.19. The fourth-order valence-corrected chi connectivity index (χ4v) is 3.50. The molecule has 1 amide bonds. The van der Waals surface area contributed by atoms with Crippen LogP contribution in [0.5, 0.6) is 0 Å². The highest BCUT2D eigenvalue weighted by Crippen LogP contribution is 2.26. The second kappa shape index (κ2) is 8.70. The Balaban J connectivity index is 1.54. The molecular weight excluding hydrogens is 406 g/mol. The molecule has 0 saturated heterocycles. The first-order chi connectivity index (χ1) is 15.3. The van der Waals surface area contributed by atoms with Gasteiger partial charge in [0.2, 0.25) is 5.91 Å². The van der Waals surface area contributed by atoms with E-state index in [1.807, 2.05) is 30.7 Å². The van der Waals surface area contributed by atoms with Crippen LogP contribution in [0.2, 0.25) is 0 Å². The molecule has 9 heteroatoms. The number of nitrogens with zero attached hydrogens (tertiary/aromatic N) is 6. The number of pyridine rings is 2. The number of amides is 1. The van der Waals surface area contributed by atoms with Gasteiger partial charge in [-0.1, -0.05) is 19.1 Å². The van der Waals surface area contributed by atoms with E-state index in [0.29, 0.717) is 16.8 Å². The summed E-state index contributed by atoms with van der Waals surface area (Å²) in [5, 5.41) is 11.6. The Morgan fingerprint density at radius 2 is 1.88 bits per heavy atom. The van der Waals surface area contributed by atoms with Crippen molar-refractivity contribution in [1.29, 1.82) is 0 Å². The number of anilines is 1. The lowest BCUT2D eigenvalue weighted by molar-refractivity contribution is -0.116. The summed E-state index contributed by atoms with van der Waals surface area (Å²) in [7, 11) is 0. The van der Waals surface area contributed by atoms with Crippen LogP contribution in [0.3, 0.4) is 0 Å². The van der Waals surface area contributed by atoms with Crippen LogP contribution >= 0.6 is 0 Å². The summed E-state index contributed by atoms with van der Waals surface area (Å²) in [6.07, 6.45) is 10.0. The zero-order valence-corrected chi connectivity index (χ0v) is 18.5. The van der Waals surface area contributed by atoms with Gasteiger partial charge >= 0.3 is 0 Å². The van der Waals surface area contributed by atoms with E-state index in [9.17, 15) is 9.59 Å². The first-order valence-corrected chi connectivity index (χ1v) is 10.5. The van der Waals surface area contributed by atoms with Gasteiger partial charge in [-0.25, -0.2) is 4.68 Å². The number of carbonyl (C=O) groups excluding carboxylic acids is 2. The molecule has 1 N–H and O–H groups in total. The molecule has 0 aliphatic rings. The predicted molar refractivity (Wildman–Crippen MR) is 121 cm³/mol. The van der Waals surface area contributed by atoms with Crippen molar-refractivity contribution in [3.8, 4) is 0 Å². The number of hydrogen-bond donors (Lipinski definition) is 1. The van der Waals surface area contributed by atoms with Gasteiger partial charge in [0.1, 0.15) is 6.54 Å². The molecule has 0 bridgehead atoms. The van der Waals surface area contributed by atoms with Crippen molar-refractivity contribution in [2.24, 2.45) is 0 Å². The minimum atomic E-state index is -0.280. The van der Waals surface area contributed by atoms with Gasteiger partial charge in [-0.3, -0.25) is 19.6 Å². The monoisotopic (exact) mass is 431 g/mol. The summed E-state index contributed by atoms with van der Waals surface area (Å²) in [4.78, 5) is 34.0. The van der Waals surface area contributed by atoms with Crippen LogP contribution < -0.4 is 5.32 Å². The average molecular weight is 432 g/mol. The van der Waals surface area contributed by atoms with Crippen molar-refractivity contribution in [2.45, 2.75) is 46.2 Å². The van der Waals surface area contributed by atoms with E-state index in [1.165, 1.54) is 17.1 Å². The van der Waals surface area contributed by atoms with E-state index >= 15 is 0 Å². The number of fused-ring (bicyclic) bond motifs is 1. The first-order valence-electron chi connectivity index (χ1n) is 10.5. The smallest absolute Gasteiger partial charge is 0.246 e. The van der Waals surface area contributed by atoms with Gasteiger partial charge in [0, 0.05) is 53.5 Å². The number of carbonyl (C=O) groups is 2. The Kier molecular flexibility index (Phi) is 5.81. The van der Waals surface area contributed by atoms with Crippen molar-refractivity contribution in [3.05, 3.63) is 66.1 Å². The lowest BCUT2D eigenvalue weighted by Gasteiger charge is -2.08. The molecule has 0 spiro atoms. The van der Waals surface area contributed by atoms with Gasteiger partial charge < -0.3 is 9.88 Å². The summed E-state index contributed by atoms with van der Waals surface area (Å²) in [6.45, 7) is 8.16. The molecule has 4 aromatic heterocycles. The average Bonchev–Trinajstić information content (AvgIpc) is 3.38. The molecule has 0 atom stereocenters. The summed E-state index contributed by atoms with van der Waals surface area (Å²) < 4.78 is 3.54. The maximum absolute atomic E-state index is 13.3. The highest BCUT2D eigenvalue weighted by molar-refractivity contribution is 6.16. The van der Waals surface area contributed by atoms with Gasteiger partial charge in [-0.05, 0) is 31.9 Å². The third-order valence-corrected chi connectivity index (χ3v) is 5.17. The SMILES string of the molecule is CC(C)c1cn(CC(=O)Nc2cncc(C(=O)c3cn(C(C)C)c4ccncc34)c2)nn1. The molecule has 0 saturated carbocycles. The van der Waals surface area contributed by atoms with E-state index in [-0.39, 0.29) is 30.2 Å². The van der Waals surface area contributed by atoms with Gasteiger partial charge in [-0.15, -0.1) is 5.10 Å². The number of hydrogen-bond acceptors (Lipinski definition) is 6. The molecule has 0 radical (unpaired) electrons. The van der Waals surface area contributed by atoms with Crippen LogP contribution in [-0.4, -0.2) is 41.2 Å². The van der Waals surface area contributed by atoms with Gasteiger partial charge in [0.05, 0.1) is 23.1 Å².